The van der Waals surface area contributed by atoms with Crippen molar-refractivity contribution in [2.24, 2.45) is 0 Å². The molecule has 3 aromatic carbocycles. The Hall–Kier alpha value is -2.47. The van der Waals surface area contributed by atoms with E-state index in [1.807, 2.05) is 24.3 Å². The lowest BCUT2D eigenvalue weighted by molar-refractivity contribution is 0.156. The molecule has 174 valence electrons. The highest BCUT2D eigenvalue weighted by Gasteiger charge is 2.32. The van der Waals surface area contributed by atoms with Crippen LogP contribution in [0.1, 0.15) is 48.9 Å². The van der Waals surface area contributed by atoms with Crippen LogP contribution in [0.2, 0.25) is 0 Å². The van der Waals surface area contributed by atoms with E-state index >= 15 is 0 Å². The van der Waals surface area contributed by atoms with Gasteiger partial charge in [0, 0.05) is 26.2 Å². The molecule has 0 spiro atoms. The second kappa shape index (κ2) is 11.1. The Morgan fingerprint density at radius 3 is 1.79 bits per heavy atom. The Bertz CT molecular complexity index is 1050. The van der Waals surface area contributed by atoms with E-state index in [9.17, 15) is 8.42 Å². The van der Waals surface area contributed by atoms with Crippen LogP contribution in [0.5, 0.6) is 0 Å². The summed E-state index contributed by atoms with van der Waals surface area (Å²) in [7, 11) is -3.48. The fraction of sp³-hybridized carbons (Fsp3) is 0.357. The minimum atomic E-state index is -3.48. The van der Waals surface area contributed by atoms with Gasteiger partial charge in [-0.2, -0.15) is 4.31 Å². The number of nitrogens with zero attached hydrogens (tertiary/aromatic N) is 2. The SMILES string of the molecule is CCCCCc1ccc(S(=O)(=O)N2CCN(C(c3ccccc3)c3ccccc3)CC2)cc1. The van der Waals surface area contributed by atoms with Crippen molar-refractivity contribution in [1.29, 1.82) is 0 Å². The first-order valence-electron chi connectivity index (χ1n) is 12.0. The summed E-state index contributed by atoms with van der Waals surface area (Å²) in [5.74, 6) is 0. The highest BCUT2D eigenvalue weighted by molar-refractivity contribution is 7.89. The van der Waals surface area contributed by atoms with E-state index in [1.165, 1.54) is 29.5 Å². The molecule has 0 amide bonds. The third-order valence-electron chi connectivity index (χ3n) is 6.50. The number of hydrogen-bond donors (Lipinski definition) is 0. The molecule has 4 rings (SSSR count). The smallest absolute Gasteiger partial charge is 0.243 e. The summed E-state index contributed by atoms with van der Waals surface area (Å²) in [4.78, 5) is 2.80. The minimum absolute atomic E-state index is 0.125. The summed E-state index contributed by atoms with van der Waals surface area (Å²) in [6.45, 7) is 4.58. The number of unbranched alkanes of at least 4 members (excludes halogenated alkanes) is 2. The molecule has 0 saturated carbocycles. The molecule has 33 heavy (non-hydrogen) atoms. The molecule has 1 heterocycles. The fourth-order valence-corrected chi connectivity index (χ4v) is 6.07. The summed E-state index contributed by atoms with van der Waals surface area (Å²) in [6.07, 6.45) is 4.55. The monoisotopic (exact) mass is 462 g/mol. The first-order chi connectivity index (χ1) is 16.1. The number of sulfonamides is 1. The maximum atomic E-state index is 13.3. The molecular formula is C28H34N2O2S. The Balaban J connectivity index is 1.46. The van der Waals surface area contributed by atoms with Gasteiger partial charge in [-0.15, -0.1) is 0 Å². The lowest BCUT2D eigenvalue weighted by atomic mass is 9.96. The third kappa shape index (κ3) is 5.72. The zero-order chi connectivity index (χ0) is 23.1. The van der Waals surface area contributed by atoms with Crippen LogP contribution in [0.4, 0.5) is 0 Å². The van der Waals surface area contributed by atoms with Crippen molar-refractivity contribution in [3.05, 3.63) is 102 Å². The van der Waals surface area contributed by atoms with Gasteiger partial charge in [-0.25, -0.2) is 8.42 Å². The molecule has 0 aromatic heterocycles. The number of piperazine rings is 1. The quantitative estimate of drug-likeness (QED) is 0.394. The molecule has 0 unspecified atom stereocenters. The standard InChI is InChI=1S/C28H34N2O2S/c1-2-3-6-11-24-16-18-27(19-17-24)33(31,32)30-22-20-29(21-23-30)28(25-12-7-4-8-13-25)26-14-9-5-10-15-26/h4-5,7-10,12-19,28H,2-3,6,11,20-23H2,1H3. The van der Waals surface area contributed by atoms with E-state index in [0.29, 0.717) is 31.1 Å². The maximum absolute atomic E-state index is 13.3. The summed E-state index contributed by atoms with van der Waals surface area (Å²) in [5, 5.41) is 0. The summed E-state index contributed by atoms with van der Waals surface area (Å²) in [5.41, 5.74) is 3.68. The summed E-state index contributed by atoms with van der Waals surface area (Å²) >= 11 is 0. The molecule has 1 saturated heterocycles. The molecule has 3 aromatic rings. The summed E-state index contributed by atoms with van der Waals surface area (Å²) < 4.78 is 28.2. The van der Waals surface area contributed by atoms with Crippen LogP contribution in [-0.4, -0.2) is 43.8 Å². The van der Waals surface area contributed by atoms with Crippen LogP contribution >= 0.6 is 0 Å². The van der Waals surface area contributed by atoms with Gasteiger partial charge < -0.3 is 0 Å². The van der Waals surface area contributed by atoms with E-state index in [-0.39, 0.29) is 6.04 Å². The number of hydrogen-bond acceptors (Lipinski definition) is 3. The van der Waals surface area contributed by atoms with Gasteiger partial charge in [0.15, 0.2) is 0 Å². The fourth-order valence-electron chi connectivity index (χ4n) is 4.64. The molecule has 5 heteroatoms. The molecule has 1 aliphatic heterocycles. The van der Waals surface area contributed by atoms with Gasteiger partial charge in [0.2, 0.25) is 10.0 Å². The van der Waals surface area contributed by atoms with Crippen molar-refractivity contribution in [1.82, 2.24) is 9.21 Å². The Morgan fingerprint density at radius 2 is 1.27 bits per heavy atom. The average molecular weight is 463 g/mol. The van der Waals surface area contributed by atoms with Gasteiger partial charge in [0.05, 0.1) is 10.9 Å². The lowest BCUT2D eigenvalue weighted by Crippen LogP contribution is -2.49. The zero-order valence-corrected chi connectivity index (χ0v) is 20.3. The van der Waals surface area contributed by atoms with Crippen molar-refractivity contribution < 1.29 is 8.42 Å². The Morgan fingerprint density at radius 1 is 0.727 bits per heavy atom. The lowest BCUT2D eigenvalue weighted by Gasteiger charge is -2.39. The summed E-state index contributed by atoms with van der Waals surface area (Å²) in [6, 6.07) is 28.6. The molecular weight excluding hydrogens is 428 g/mol. The van der Waals surface area contributed by atoms with Crippen molar-refractivity contribution in [3.8, 4) is 0 Å². The normalized spacial score (nSPS) is 15.7. The predicted molar refractivity (Wildman–Crippen MR) is 135 cm³/mol. The highest BCUT2D eigenvalue weighted by Crippen LogP contribution is 2.30. The van der Waals surface area contributed by atoms with Crippen molar-refractivity contribution >= 4 is 10.0 Å². The molecule has 1 fully saturated rings. The van der Waals surface area contributed by atoms with Crippen LogP contribution in [0, 0.1) is 0 Å². The van der Waals surface area contributed by atoms with Gasteiger partial charge in [-0.3, -0.25) is 4.90 Å². The average Bonchev–Trinajstić information content (AvgIpc) is 2.86. The van der Waals surface area contributed by atoms with Crippen LogP contribution in [0.15, 0.2) is 89.8 Å². The Labute approximate surface area is 198 Å². The molecule has 0 aliphatic carbocycles. The van der Waals surface area contributed by atoms with E-state index in [1.54, 1.807) is 16.4 Å². The second-order valence-corrected chi connectivity index (χ2v) is 10.7. The molecule has 1 aliphatic rings. The van der Waals surface area contributed by atoms with E-state index in [0.717, 1.165) is 12.8 Å². The van der Waals surface area contributed by atoms with Gasteiger partial charge >= 0.3 is 0 Å². The first kappa shape index (κ1) is 23.7. The topological polar surface area (TPSA) is 40.6 Å². The second-order valence-electron chi connectivity index (χ2n) is 8.77. The van der Waals surface area contributed by atoms with E-state index < -0.39 is 10.0 Å². The molecule has 0 N–H and O–H groups in total. The van der Waals surface area contributed by atoms with E-state index in [4.69, 9.17) is 0 Å². The zero-order valence-electron chi connectivity index (χ0n) is 19.4. The number of benzene rings is 3. The van der Waals surface area contributed by atoms with Gasteiger partial charge in [0.1, 0.15) is 0 Å². The van der Waals surface area contributed by atoms with E-state index in [2.05, 4.69) is 60.4 Å². The first-order valence-corrected chi connectivity index (χ1v) is 13.5. The minimum Gasteiger partial charge on any atom is -0.290 e. The highest BCUT2D eigenvalue weighted by atomic mass is 32.2. The van der Waals surface area contributed by atoms with Gasteiger partial charge in [-0.05, 0) is 41.7 Å². The molecule has 0 radical (unpaired) electrons. The maximum Gasteiger partial charge on any atom is 0.243 e. The number of rotatable bonds is 9. The molecule has 0 atom stereocenters. The van der Waals surface area contributed by atoms with Gasteiger partial charge in [-0.1, -0.05) is 92.6 Å². The Kier molecular flexibility index (Phi) is 7.97. The van der Waals surface area contributed by atoms with Crippen LogP contribution in [0.3, 0.4) is 0 Å². The van der Waals surface area contributed by atoms with Crippen LogP contribution < -0.4 is 0 Å². The van der Waals surface area contributed by atoms with Crippen LogP contribution in [0.25, 0.3) is 0 Å². The molecule has 0 bridgehead atoms. The molecule has 4 nitrogen and oxygen atoms in total. The largest absolute Gasteiger partial charge is 0.290 e. The van der Waals surface area contributed by atoms with Crippen LogP contribution in [-0.2, 0) is 16.4 Å². The predicted octanol–water partition coefficient (Wildman–Crippen LogP) is 5.52. The third-order valence-corrected chi connectivity index (χ3v) is 8.41. The van der Waals surface area contributed by atoms with Crippen molar-refractivity contribution in [2.75, 3.05) is 26.2 Å². The van der Waals surface area contributed by atoms with Gasteiger partial charge in [0.25, 0.3) is 0 Å². The van der Waals surface area contributed by atoms with Crippen molar-refractivity contribution in [2.45, 2.75) is 43.5 Å². The van der Waals surface area contributed by atoms with Crippen molar-refractivity contribution in [3.63, 3.8) is 0 Å². The number of aryl methyl sites for hydroxylation is 1.